The van der Waals surface area contributed by atoms with E-state index in [1.54, 1.807) is 48.5 Å². The van der Waals surface area contributed by atoms with Crippen molar-refractivity contribution in [3.63, 3.8) is 0 Å². The van der Waals surface area contributed by atoms with Crippen LogP contribution < -0.4 is 20.7 Å². The number of anilines is 2. The molecule has 0 fully saturated rings. The van der Waals surface area contributed by atoms with Gasteiger partial charge in [-0.05, 0) is 73.8 Å². The minimum absolute atomic E-state index is 0.129. The standard InChI is InChI=1S/C26H30N4O3/c1-3-30(4-2)19-18-27-25(31)20-10-12-21(13-11-20)28-26(32)29-22-14-16-24(17-15-22)33-23-8-6-5-7-9-23/h5-17H,3-4,18-19H2,1-2H3,(H,27,31)(H2,28,29,32). The van der Waals surface area contributed by atoms with Crippen LogP contribution in [0.1, 0.15) is 24.2 Å². The van der Waals surface area contributed by atoms with Gasteiger partial charge in [-0.15, -0.1) is 0 Å². The van der Waals surface area contributed by atoms with Gasteiger partial charge in [-0.25, -0.2) is 4.79 Å². The van der Waals surface area contributed by atoms with Crippen molar-refractivity contribution in [1.29, 1.82) is 0 Å². The monoisotopic (exact) mass is 446 g/mol. The molecule has 3 amide bonds. The Bertz CT molecular complexity index is 1020. The van der Waals surface area contributed by atoms with E-state index in [9.17, 15) is 9.59 Å². The van der Waals surface area contributed by atoms with E-state index < -0.39 is 0 Å². The number of benzene rings is 3. The molecule has 0 saturated heterocycles. The molecule has 0 atom stereocenters. The van der Waals surface area contributed by atoms with Gasteiger partial charge in [0.15, 0.2) is 0 Å². The van der Waals surface area contributed by atoms with Crippen molar-refractivity contribution >= 4 is 23.3 Å². The molecule has 0 heterocycles. The number of para-hydroxylation sites is 1. The highest BCUT2D eigenvalue weighted by atomic mass is 16.5. The van der Waals surface area contributed by atoms with Crippen molar-refractivity contribution in [2.75, 3.05) is 36.8 Å². The first-order chi connectivity index (χ1) is 16.1. The topological polar surface area (TPSA) is 82.7 Å². The molecule has 3 N–H and O–H groups in total. The van der Waals surface area contributed by atoms with E-state index in [1.165, 1.54) is 0 Å². The molecule has 33 heavy (non-hydrogen) atoms. The Morgan fingerprint density at radius 3 is 1.88 bits per heavy atom. The molecule has 7 heteroatoms. The van der Waals surface area contributed by atoms with Gasteiger partial charge in [-0.2, -0.15) is 0 Å². The van der Waals surface area contributed by atoms with Gasteiger partial charge < -0.3 is 25.6 Å². The van der Waals surface area contributed by atoms with Crippen LogP contribution in [0.5, 0.6) is 11.5 Å². The number of rotatable bonds is 10. The number of nitrogens with zero attached hydrogens (tertiary/aromatic N) is 1. The van der Waals surface area contributed by atoms with Gasteiger partial charge >= 0.3 is 6.03 Å². The highest BCUT2D eigenvalue weighted by Gasteiger charge is 2.08. The molecule has 0 radical (unpaired) electrons. The summed E-state index contributed by atoms with van der Waals surface area (Å²) in [6.07, 6.45) is 0. The van der Waals surface area contributed by atoms with Crippen molar-refractivity contribution < 1.29 is 14.3 Å². The number of carbonyl (C=O) groups excluding carboxylic acids is 2. The number of nitrogens with one attached hydrogen (secondary N) is 3. The van der Waals surface area contributed by atoms with E-state index in [1.807, 2.05) is 30.3 Å². The first-order valence-corrected chi connectivity index (χ1v) is 11.1. The fourth-order valence-corrected chi connectivity index (χ4v) is 3.20. The van der Waals surface area contributed by atoms with E-state index in [2.05, 4.69) is 34.7 Å². The normalized spacial score (nSPS) is 10.5. The van der Waals surface area contributed by atoms with Gasteiger partial charge in [0.05, 0.1) is 0 Å². The van der Waals surface area contributed by atoms with Gasteiger partial charge in [0, 0.05) is 30.0 Å². The predicted octanol–water partition coefficient (Wildman–Crippen LogP) is 5.19. The number of carbonyl (C=O) groups is 2. The Kier molecular flexibility index (Phi) is 8.85. The minimum Gasteiger partial charge on any atom is -0.457 e. The molecule has 3 rings (SSSR count). The Hall–Kier alpha value is -3.84. The molecule has 0 aromatic heterocycles. The van der Waals surface area contributed by atoms with Crippen LogP contribution in [0.2, 0.25) is 0 Å². The maximum absolute atomic E-state index is 12.3. The summed E-state index contributed by atoms with van der Waals surface area (Å²) in [5.74, 6) is 1.30. The van der Waals surface area contributed by atoms with Crippen molar-refractivity contribution in [2.24, 2.45) is 0 Å². The Labute approximate surface area is 194 Å². The first kappa shape index (κ1) is 23.8. The van der Waals surface area contributed by atoms with Crippen LogP contribution in [-0.4, -0.2) is 43.0 Å². The quantitative estimate of drug-likeness (QED) is 0.400. The molecule has 0 aliphatic carbocycles. The molecule has 3 aromatic carbocycles. The molecule has 0 bridgehead atoms. The number of hydrogen-bond donors (Lipinski definition) is 3. The fraction of sp³-hybridized carbons (Fsp3) is 0.231. The Morgan fingerprint density at radius 2 is 1.30 bits per heavy atom. The zero-order valence-corrected chi connectivity index (χ0v) is 19.0. The average molecular weight is 447 g/mol. The molecule has 0 spiro atoms. The van der Waals surface area contributed by atoms with E-state index >= 15 is 0 Å². The van der Waals surface area contributed by atoms with Crippen LogP contribution in [0.15, 0.2) is 78.9 Å². The van der Waals surface area contributed by atoms with Crippen LogP contribution >= 0.6 is 0 Å². The van der Waals surface area contributed by atoms with E-state index in [4.69, 9.17) is 4.74 Å². The second kappa shape index (κ2) is 12.3. The van der Waals surface area contributed by atoms with Gasteiger partial charge in [0.2, 0.25) is 0 Å². The lowest BCUT2D eigenvalue weighted by Crippen LogP contribution is -2.34. The number of urea groups is 1. The van der Waals surface area contributed by atoms with E-state index in [0.29, 0.717) is 29.2 Å². The highest BCUT2D eigenvalue weighted by Crippen LogP contribution is 2.22. The van der Waals surface area contributed by atoms with Crippen LogP contribution in [0.4, 0.5) is 16.2 Å². The summed E-state index contributed by atoms with van der Waals surface area (Å²) in [5, 5.41) is 8.46. The summed E-state index contributed by atoms with van der Waals surface area (Å²) < 4.78 is 5.75. The second-order valence-electron chi connectivity index (χ2n) is 7.38. The van der Waals surface area contributed by atoms with Gasteiger partial charge in [-0.3, -0.25) is 4.79 Å². The van der Waals surface area contributed by atoms with Crippen LogP contribution in [0.3, 0.4) is 0 Å². The molecule has 0 unspecified atom stereocenters. The van der Waals surface area contributed by atoms with Crippen LogP contribution in [0.25, 0.3) is 0 Å². The molecule has 0 aliphatic heterocycles. The second-order valence-corrected chi connectivity index (χ2v) is 7.38. The lowest BCUT2D eigenvalue weighted by atomic mass is 10.2. The van der Waals surface area contributed by atoms with Crippen molar-refractivity contribution in [3.8, 4) is 11.5 Å². The molecule has 172 valence electrons. The highest BCUT2D eigenvalue weighted by molar-refractivity contribution is 6.00. The first-order valence-electron chi connectivity index (χ1n) is 11.1. The van der Waals surface area contributed by atoms with E-state index in [-0.39, 0.29) is 11.9 Å². The van der Waals surface area contributed by atoms with Crippen LogP contribution in [-0.2, 0) is 0 Å². The number of amides is 3. The lowest BCUT2D eigenvalue weighted by molar-refractivity contribution is 0.0949. The molecular formula is C26H30N4O3. The number of ether oxygens (including phenoxy) is 1. The third-order valence-electron chi connectivity index (χ3n) is 5.10. The van der Waals surface area contributed by atoms with Gasteiger partial charge in [0.25, 0.3) is 5.91 Å². The van der Waals surface area contributed by atoms with Crippen molar-refractivity contribution in [2.45, 2.75) is 13.8 Å². The molecule has 3 aromatic rings. The summed E-state index contributed by atoms with van der Waals surface area (Å²) in [6, 6.07) is 23.0. The maximum Gasteiger partial charge on any atom is 0.323 e. The summed E-state index contributed by atoms with van der Waals surface area (Å²) in [5.41, 5.74) is 1.78. The third kappa shape index (κ3) is 7.66. The van der Waals surface area contributed by atoms with E-state index in [0.717, 1.165) is 25.4 Å². The Balaban J connectivity index is 1.46. The SMILES string of the molecule is CCN(CC)CCNC(=O)c1ccc(NC(=O)Nc2ccc(Oc3ccccc3)cc2)cc1. The number of likely N-dealkylation sites (N-methyl/N-ethyl adjacent to an activating group) is 1. The zero-order valence-electron chi connectivity index (χ0n) is 19.0. The summed E-state index contributed by atoms with van der Waals surface area (Å²) in [6.45, 7) is 7.53. The summed E-state index contributed by atoms with van der Waals surface area (Å²) >= 11 is 0. The summed E-state index contributed by atoms with van der Waals surface area (Å²) in [4.78, 5) is 26.8. The molecule has 0 aliphatic rings. The minimum atomic E-state index is -0.372. The average Bonchev–Trinajstić information content (AvgIpc) is 2.84. The molecular weight excluding hydrogens is 416 g/mol. The third-order valence-corrected chi connectivity index (χ3v) is 5.10. The molecule has 0 saturated carbocycles. The molecule has 7 nitrogen and oxygen atoms in total. The number of hydrogen-bond acceptors (Lipinski definition) is 4. The van der Waals surface area contributed by atoms with Gasteiger partial charge in [0.1, 0.15) is 11.5 Å². The Morgan fingerprint density at radius 1 is 0.758 bits per heavy atom. The summed E-state index contributed by atoms with van der Waals surface area (Å²) in [7, 11) is 0. The zero-order chi connectivity index (χ0) is 23.5. The largest absolute Gasteiger partial charge is 0.457 e. The fourth-order valence-electron chi connectivity index (χ4n) is 3.20. The maximum atomic E-state index is 12.3. The van der Waals surface area contributed by atoms with Crippen LogP contribution in [0, 0.1) is 0 Å². The van der Waals surface area contributed by atoms with Crippen molar-refractivity contribution in [3.05, 3.63) is 84.4 Å². The van der Waals surface area contributed by atoms with Gasteiger partial charge in [-0.1, -0.05) is 32.0 Å². The predicted molar refractivity (Wildman–Crippen MR) is 132 cm³/mol. The smallest absolute Gasteiger partial charge is 0.323 e. The lowest BCUT2D eigenvalue weighted by Gasteiger charge is -2.18. The van der Waals surface area contributed by atoms with Crippen molar-refractivity contribution in [1.82, 2.24) is 10.2 Å².